The average Bonchev–Trinajstić information content (AvgIpc) is 2.08. The first kappa shape index (κ1) is 8.98. The molecule has 0 radical (unpaired) electrons. The van der Waals surface area contributed by atoms with Crippen LogP contribution in [-0.2, 0) is 4.79 Å². The summed E-state index contributed by atoms with van der Waals surface area (Å²) in [5, 5.41) is 0. The largest absolute Gasteiger partial charge is 0.299 e. The fourth-order valence-corrected chi connectivity index (χ4v) is 3.06. The Hall–Kier alpha value is -0.590. The summed E-state index contributed by atoms with van der Waals surface area (Å²) in [5.74, 6) is 1.96. The molecule has 3 saturated carbocycles. The highest BCUT2D eigenvalue weighted by Crippen LogP contribution is 2.59. The predicted molar refractivity (Wildman–Crippen MR) is 53.3 cm³/mol. The summed E-state index contributed by atoms with van der Waals surface area (Å²) in [6.07, 6.45) is 5.04. The Kier molecular flexibility index (Phi) is 1.86. The summed E-state index contributed by atoms with van der Waals surface area (Å²) in [7, 11) is 0. The molecule has 0 spiro atoms. The molecule has 3 aliphatic carbocycles. The Morgan fingerprint density at radius 1 is 1.54 bits per heavy atom. The third kappa shape index (κ3) is 1.09. The average molecular weight is 178 g/mol. The second-order valence-electron chi connectivity index (χ2n) is 5.17. The minimum absolute atomic E-state index is 0.300. The molecule has 3 rings (SSSR count). The van der Waals surface area contributed by atoms with E-state index in [0.717, 1.165) is 25.2 Å². The van der Waals surface area contributed by atoms with Gasteiger partial charge >= 0.3 is 0 Å². The normalized spacial score (nSPS) is 41.1. The smallest absolute Gasteiger partial charge is 0.139 e. The lowest BCUT2D eigenvalue weighted by molar-refractivity contribution is -0.156. The van der Waals surface area contributed by atoms with E-state index >= 15 is 0 Å². The summed E-state index contributed by atoms with van der Waals surface area (Å²) in [4.78, 5) is 11.9. The van der Waals surface area contributed by atoms with E-state index in [1.165, 1.54) is 0 Å². The van der Waals surface area contributed by atoms with Gasteiger partial charge in [-0.3, -0.25) is 4.79 Å². The molecular weight excluding hydrogens is 160 g/mol. The second-order valence-corrected chi connectivity index (χ2v) is 5.17. The monoisotopic (exact) mass is 178 g/mol. The molecule has 13 heavy (non-hydrogen) atoms. The molecule has 0 N–H and O–H groups in total. The molecule has 3 aliphatic rings. The Morgan fingerprint density at radius 3 is 2.69 bits per heavy atom. The summed E-state index contributed by atoms with van der Waals surface area (Å²) in [6.45, 7) is 8.20. The lowest BCUT2D eigenvalue weighted by Gasteiger charge is -2.57. The van der Waals surface area contributed by atoms with E-state index < -0.39 is 0 Å². The predicted octanol–water partition coefficient (Wildman–Crippen LogP) is 2.81. The third-order valence-electron chi connectivity index (χ3n) is 4.24. The van der Waals surface area contributed by atoms with Crippen LogP contribution in [-0.4, -0.2) is 5.78 Å². The molecule has 0 saturated heterocycles. The molecule has 3 atom stereocenters. The molecule has 0 aromatic carbocycles. The Morgan fingerprint density at radius 2 is 2.23 bits per heavy atom. The Labute approximate surface area is 80.2 Å². The Bertz CT molecular complexity index is 252. The van der Waals surface area contributed by atoms with Gasteiger partial charge in [0.1, 0.15) is 5.78 Å². The summed E-state index contributed by atoms with van der Waals surface area (Å²) in [5.41, 5.74) is 0.300. The van der Waals surface area contributed by atoms with Crippen LogP contribution in [0.25, 0.3) is 0 Å². The van der Waals surface area contributed by atoms with Crippen molar-refractivity contribution in [2.24, 2.45) is 23.2 Å². The maximum Gasteiger partial charge on any atom is 0.139 e. The van der Waals surface area contributed by atoms with Crippen molar-refractivity contribution < 1.29 is 4.79 Å². The fourth-order valence-electron chi connectivity index (χ4n) is 3.06. The molecule has 1 heteroatoms. The highest BCUT2D eigenvalue weighted by Gasteiger charge is 2.57. The van der Waals surface area contributed by atoms with Crippen LogP contribution in [0.3, 0.4) is 0 Å². The number of hydrogen-bond acceptors (Lipinski definition) is 1. The number of allylic oxidation sites excluding steroid dienone is 1. The van der Waals surface area contributed by atoms with Gasteiger partial charge in [-0.05, 0) is 30.6 Å². The van der Waals surface area contributed by atoms with Gasteiger partial charge in [-0.1, -0.05) is 19.9 Å². The number of rotatable bonds is 2. The van der Waals surface area contributed by atoms with E-state index in [1.54, 1.807) is 0 Å². The van der Waals surface area contributed by atoms with Crippen molar-refractivity contribution >= 4 is 5.78 Å². The van der Waals surface area contributed by atoms with Crippen molar-refractivity contribution in [1.82, 2.24) is 0 Å². The van der Waals surface area contributed by atoms with Crippen LogP contribution in [0.15, 0.2) is 12.7 Å². The van der Waals surface area contributed by atoms with Gasteiger partial charge in [0.05, 0.1) is 0 Å². The van der Waals surface area contributed by atoms with Crippen LogP contribution >= 0.6 is 0 Å². The molecule has 0 aliphatic heterocycles. The van der Waals surface area contributed by atoms with Crippen LogP contribution in [0.1, 0.15) is 33.1 Å². The highest BCUT2D eigenvalue weighted by atomic mass is 16.1. The lowest BCUT2D eigenvalue weighted by atomic mass is 9.46. The number of ketones is 1. The molecule has 72 valence electrons. The number of hydrogen-bond donors (Lipinski definition) is 0. The first-order valence-electron chi connectivity index (χ1n) is 5.22. The number of carbonyl (C=O) groups is 1. The van der Waals surface area contributed by atoms with Crippen molar-refractivity contribution in [3.8, 4) is 0 Å². The van der Waals surface area contributed by atoms with Gasteiger partial charge in [-0.15, -0.1) is 6.58 Å². The van der Waals surface area contributed by atoms with Gasteiger partial charge in [0.15, 0.2) is 0 Å². The van der Waals surface area contributed by atoms with Gasteiger partial charge in [0.2, 0.25) is 0 Å². The van der Waals surface area contributed by atoms with Crippen molar-refractivity contribution in [3.63, 3.8) is 0 Å². The number of fused-ring (bicyclic) bond motifs is 2. The van der Waals surface area contributed by atoms with E-state index in [4.69, 9.17) is 0 Å². The highest BCUT2D eigenvalue weighted by molar-refractivity contribution is 5.86. The van der Waals surface area contributed by atoms with E-state index in [1.807, 2.05) is 6.08 Å². The zero-order valence-electron chi connectivity index (χ0n) is 8.55. The molecule has 1 nitrogen and oxygen atoms in total. The molecule has 2 bridgehead atoms. The first-order chi connectivity index (χ1) is 6.07. The SMILES string of the molecule is C=CCC1C[C@@H]2C[C@H](C1=O)C2(C)C. The maximum absolute atomic E-state index is 11.9. The number of carbonyl (C=O) groups excluding carboxylic acids is 1. The minimum Gasteiger partial charge on any atom is -0.299 e. The van der Waals surface area contributed by atoms with Crippen molar-refractivity contribution in [2.75, 3.05) is 0 Å². The van der Waals surface area contributed by atoms with E-state index in [-0.39, 0.29) is 0 Å². The van der Waals surface area contributed by atoms with Crippen molar-refractivity contribution in [3.05, 3.63) is 12.7 Å². The van der Waals surface area contributed by atoms with Gasteiger partial charge in [0.25, 0.3) is 0 Å². The summed E-state index contributed by atoms with van der Waals surface area (Å²) >= 11 is 0. The number of Topliss-reactive ketones (excluding diaryl/α,β-unsaturated/α-hetero) is 1. The van der Waals surface area contributed by atoms with Gasteiger partial charge in [-0.2, -0.15) is 0 Å². The Balaban J connectivity index is 2.12. The quantitative estimate of drug-likeness (QED) is 0.594. The van der Waals surface area contributed by atoms with Crippen molar-refractivity contribution in [1.29, 1.82) is 0 Å². The van der Waals surface area contributed by atoms with Gasteiger partial charge < -0.3 is 0 Å². The van der Waals surface area contributed by atoms with E-state index in [2.05, 4.69) is 20.4 Å². The van der Waals surface area contributed by atoms with E-state index in [0.29, 0.717) is 23.0 Å². The summed E-state index contributed by atoms with van der Waals surface area (Å²) < 4.78 is 0. The lowest BCUT2D eigenvalue weighted by Crippen LogP contribution is -2.56. The maximum atomic E-state index is 11.9. The van der Waals surface area contributed by atoms with Crippen LogP contribution in [0.2, 0.25) is 0 Å². The molecule has 0 heterocycles. The van der Waals surface area contributed by atoms with Crippen molar-refractivity contribution in [2.45, 2.75) is 33.1 Å². The van der Waals surface area contributed by atoms with Gasteiger partial charge in [0, 0.05) is 11.8 Å². The van der Waals surface area contributed by atoms with Crippen LogP contribution in [0.5, 0.6) is 0 Å². The zero-order chi connectivity index (χ0) is 9.64. The second kappa shape index (κ2) is 2.70. The first-order valence-corrected chi connectivity index (χ1v) is 5.22. The minimum atomic E-state index is 0.300. The molecule has 0 aromatic heterocycles. The standard InChI is InChI=1S/C12H18O/c1-4-5-8-6-9-7-10(11(8)13)12(9,2)3/h4,8-10H,1,5-7H2,2-3H3/t8?,9-,10-/m1/s1. The molecule has 0 aromatic rings. The zero-order valence-corrected chi connectivity index (χ0v) is 8.55. The molecule has 3 fully saturated rings. The summed E-state index contributed by atoms with van der Waals surface area (Å²) in [6, 6.07) is 0. The van der Waals surface area contributed by atoms with Crippen LogP contribution in [0.4, 0.5) is 0 Å². The van der Waals surface area contributed by atoms with Crippen LogP contribution in [0, 0.1) is 23.2 Å². The molecular formula is C12H18O. The van der Waals surface area contributed by atoms with Crippen LogP contribution < -0.4 is 0 Å². The molecule has 1 unspecified atom stereocenters. The fraction of sp³-hybridized carbons (Fsp3) is 0.750. The molecule has 0 amide bonds. The topological polar surface area (TPSA) is 17.1 Å². The van der Waals surface area contributed by atoms with Gasteiger partial charge in [-0.25, -0.2) is 0 Å². The van der Waals surface area contributed by atoms with E-state index in [9.17, 15) is 4.79 Å². The third-order valence-corrected chi connectivity index (χ3v) is 4.24.